The quantitative estimate of drug-likeness (QED) is 0.564. The fraction of sp³-hybridized carbons (Fsp3) is 0.600. The van der Waals surface area contributed by atoms with E-state index in [1.165, 1.54) is 27.7 Å². The summed E-state index contributed by atoms with van der Waals surface area (Å²) in [5, 5.41) is 0. The van der Waals surface area contributed by atoms with Crippen LogP contribution in [0.15, 0.2) is 0 Å². The third-order valence-corrected chi connectivity index (χ3v) is 0.996. The second-order valence-corrected chi connectivity index (χ2v) is 3.16. The van der Waals surface area contributed by atoms with E-state index >= 15 is 0 Å². The Hall–Kier alpha value is -0.530. The molecule has 0 N–H and O–H groups in total. The van der Waals surface area contributed by atoms with E-state index in [-0.39, 0.29) is 59.6 Å². The van der Waals surface area contributed by atoms with Crippen LogP contribution in [0.5, 0.6) is 0 Å². The van der Waals surface area contributed by atoms with Crippen molar-refractivity contribution in [1.82, 2.24) is 0 Å². The molecule has 0 aliphatic heterocycles. The Morgan fingerprint density at radius 3 is 0.733 bits per heavy atom. The molecule has 0 aromatic carbocycles. The number of hydrogen-bond acceptors (Lipinski definition) is 4. The topological polar surface area (TPSA) is 68.3 Å². The molecule has 4 nitrogen and oxygen atoms in total. The molecule has 0 amide bonds. The molecule has 0 saturated carbocycles. The molecule has 0 rings (SSSR count). The third-order valence-electron chi connectivity index (χ3n) is 0.996. The normalized spacial score (nSPS) is 7.73. The van der Waals surface area contributed by atoms with Gasteiger partial charge in [-0.3, -0.25) is 19.2 Å². The van der Waals surface area contributed by atoms with Crippen molar-refractivity contribution in [3.63, 3.8) is 0 Å². The van der Waals surface area contributed by atoms with Gasteiger partial charge < -0.3 is 0 Å². The van der Waals surface area contributed by atoms with Gasteiger partial charge in [-0.15, -0.1) is 0 Å². The molecule has 0 spiro atoms. The Labute approximate surface area is 107 Å². The second kappa shape index (κ2) is 11.5. The number of ketones is 4. The van der Waals surface area contributed by atoms with Crippen molar-refractivity contribution in [1.29, 1.82) is 0 Å². The monoisotopic (exact) mass is 330 g/mol. The zero-order valence-electron chi connectivity index (χ0n) is 9.46. The van der Waals surface area contributed by atoms with Crippen LogP contribution in [0.3, 0.4) is 0 Å². The molecule has 0 atom stereocenters. The maximum Gasteiger partial charge on any atom is 0.137 e. The largest absolute Gasteiger partial charge is 0.300 e. The number of hydrogen-bond donors (Lipinski definition) is 0. The zero-order chi connectivity index (χ0) is 11.7. The molecule has 0 aromatic rings. The average molecular weight is 328 g/mol. The number of carbonyl (C=O) groups is 4. The van der Waals surface area contributed by atoms with Crippen molar-refractivity contribution < 1.29 is 19.2 Å². The molecule has 0 saturated heterocycles. The maximum atomic E-state index is 10.0. The van der Waals surface area contributed by atoms with E-state index in [0.717, 1.165) is 0 Å². The first-order valence-electron chi connectivity index (χ1n) is 4.23. The predicted octanol–water partition coefficient (Wildman–Crippen LogP) is 0.728. The van der Waals surface area contributed by atoms with Gasteiger partial charge in [0, 0.05) is 23.7 Å². The summed E-state index contributed by atoms with van der Waals surface area (Å²) in [5.74, 6) is -0.250. The summed E-state index contributed by atoms with van der Waals surface area (Å²) in [6.45, 7) is 5.62. The van der Waals surface area contributed by atoms with Gasteiger partial charge in [-0.1, -0.05) is 0 Å². The summed E-state index contributed by atoms with van der Waals surface area (Å²) in [5.41, 5.74) is 0. The van der Waals surface area contributed by atoms with Gasteiger partial charge in [0.2, 0.25) is 0 Å². The molecule has 0 fully saturated rings. The van der Waals surface area contributed by atoms with Crippen LogP contribution in [0.25, 0.3) is 0 Å². The predicted molar refractivity (Wildman–Crippen MR) is 57.7 cm³/mol. The summed E-state index contributed by atoms with van der Waals surface area (Å²) in [6, 6.07) is 0. The SMILES string of the molecule is CC(=O)CC(C)=O.CC(=O)CC(C)=O.[Te]. The van der Waals surface area contributed by atoms with Gasteiger partial charge in [0.15, 0.2) is 0 Å². The first kappa shape index (κ1) is 20.0. The first-order chi connectivity index (χ1) is 6.25. The average Bonchev–Trinajstić information content (AvgIpc) is 1.79. The first-order valence-corrected chi connectivity index (χ1v) is 4.23. The molecule has 0 aliphatic carbocycles. The van der Waals surface area contributed by atoms with Gasteiger partial charge in [0.1, 0.15) is 23.1 Å². The van der Waals surface area contributed by atoms with Gasteiger partial charge in [-0.2, -0.15) is 0 Å². The third kappa shape index (κ3) is 31.8. The zero-order valence-corrected chi connectivity index (χ0v) is 11.8. The van der Waals surface area contributed by atoms with Crippen LogP contribution in [0, 0.1) is 0 Å². The molecular formula is C10H16O4Te. The van der Waals surface area contributed by atoms with Crippen molar-refractivity contribution in [3.05, 3.63) is 0 Å². The minimum Gasteiger partial charge on any atom is -0.300 e. The van der Waals surface area contributed by atoms with E-state index in [9.17, 15) is 19.2 Å². The van der Waals surface area contributed by atoms with Gasteiger partial charge in [-0.05, 0) is 27.7 Å². The van der Waals surface area contributed by atoms with Crippen LogP contribution >= 0.6 is 0 Å². The minimum atomic E-state index is -0.0625. The number of rotatable bonds is 4. The molecule has 0 aromatic heterocycles. The summed E-state index contributed by atoms with van der Waals surface area (Å²) < 4.78 is 0. The van der Waals surface area contributed by atoms with E-state index in [1.54, 1.807) is 0 Å². The number of Topliss-reactive ketones (excluding diaryl/α,β-unsaturated/α-hetero) is 4. The molecule has 5 heteroatoms. The van der Waals surface area contributed by atoms with Crippen LogP contribution in [-0.2, 0) is 19.2 Å². The summed E-state index contributed by atoms with van der Waals surface area (Å²) >= 11 is 0. The van der Waals surface area contributed by atoms with Crippen molar-refractivity contribution in [2.45, 2.75) is 40.5 Å². The maximum absolute atomic E-state index is 10.0. The van der Waals surface area contributed by atoms with Crippen molar-refractivity contribution >= 4 is 46.8 Å². The van der Waals surface area contributed by atoms with Crippen LogP contribution in [0.2, 0.25) is 0 Å². The van der Waals surface area contributed by atoms with Crippen molar-refractivity contribution in [2.75, 3.05) is 0 Å². The van der Waals surface area contributed by atoms with Gasteiger partial charge in [-0.25, -0.2) is 0 Å². The Morgan fingerprint density at radius 1 is 0.600 bits per heavy atom. The van der Waals surface area contributed by atoms with E-state index in [2.05, 4.69) is 0 Å². The fourth-order valence-corrected chi connectivity index (χ4v) is 0.701. The Bertz CT molecular complexity index is 196. The minimum absolute atomic E-state index is 0. The molecule has 0 aliphatic rings. The smallest absolute Gasteiger partial charge is 0.137 e. The molecule has 15 heavy (non-hydrogen) atoms. The standard InChI is InChI=1S/2C5H8O2.Te/c2*1-4(6)3-5(2)7;/h2*3H2,1-2H3;. The fourth-order valence-electron chi connectivity index (χ4n) is 0.701. The molecule has 2 radical (unpaired) electrons. The number of carbonyl (C=O) groups excluding carboxylic acids is 4. The molecular weight excluding hydrogens is 312 g/mol. The summed E-state index contributed by atoms with van der Waals surface area (Å²) in [7, 11) is 0. The van der Waals surface area contributed by atoms with Crippen molar-refractivity contribution in [3.8, 4) is 0 Å². The van der Waals surface area contributed by atoms with Crippen LogP contribution in [-0.4, -0.2) is 46.8 Å². The van der Waals surface area contributed by atoms with Gasteiger partial charge in [0.05, 0.1) is 12.8 Å². The Kier molecular flexibility index (Phi) is 15.4. The molecule has 0 bridgehead atoms. The van der Waals surface area contributed by atoms with Gasteiger partial charge in [0.25, 0.3) is 0 Å². The second-order valence-electron chi connectivity index (χ2n) is 3.16. The van der Waals surface area contributed by atoms with E-state index < -0.39 is 0 Å². The molecule has 0 unspecified atom stereocenters. The van der Waals surface area contributed by atoms with Crippen LogP contribution < -0.4 is 0 Å². The summed E-state index contributed by atoms with van der Waals surface area (Å²) in [4.78, 5) is 40.1. The van der Waals surface area contributed by atoms with Gasteiger partial charge >= 0.3 is 0 Å². The van der Waals surface area contributed by atoms with Crippen molar-refractivity contribution in [2.24, 2.45) is 0 Å². The van der Waals surface area contributed by atoms with E-state index in [0.29, 0.717) is 0 Å². The van der Waals surface area contributed by atoms with E-state index in [4.69, 9.17) is 0 Å². The molecule has 86 valence electrons. The molecule has 0 heterocycles. The Balaban J connectivity index is -0.000000180. The Morgan fingerprint density at radius 2 is 0.733 bits per heavy atom. The van der Waals surface area contributed by atoms with Crippen LogP contribution in [0.4, 0.5) is 0 Å². The summed E-state index contributed by atoms with van der Waals surface area (Å²) in [6.07, 6.45) is 0.167. The van der Waals surface area contributed by atoms with E-state index in [1.807, 2.05) is 0 Å². The van der Waals surface area contributed by atoms with Crippen LogP contribution in [0.1, 0.15) is 40.5 Å².